The van der Waals surface area contributed by atoms with Crippen LogP contribution in [-0.2, 0) is 20.4 Å². The van der Waals surface area contributed by atoms with E-state index in [1.54, 1.807) is 59.4 Å². The van der Waals surface area contributed by atoms with Crippen molar-refractivity contribution < 1.29 is 40.7 Å². The van der Waals surface area contributed by atoms with Gasteiger partial charge in [0.05, 0.1) is 10.0 Å². The number of rotatable bonds is 12. The lowest BCUT2D eigenvalue weighted by Crippen LogP contribution is -3.00. The third-order valence-electron chi connectivity index (χ3n) is 9.96. The summed E-state index contributed by atoms with van der Waals surface area (Å²) in [5.41, 5.74) is 2.87. The zero-order valence-corrected chi connectivity index (χ0v) is 35.2. The normalized spacial score (nSPS) is 14.9. The third kappa shape index (κ3) is 9.28. The number of halogens is 4. The maximum absolute atomic E-state index is 13.8. The standard InChI is InChI=1S/C41H44Cl3N5O4.BrH/c1-8-32(53-33-18-17-26(40(4,5)9-2)22-29(33)41(6,7)10-3)38(51)45-28-16-14-15-25(21-28)37(50)46-36-35(48-19-12-11-13-20-48)39(52)49(47-36)34-30(43)23-27(42)24-31(34)44;/h11-24,32,35H,8-10H2,1-7H3,(H-,45,46,47,50,51);1H. The molecule has 286 valence electrons. The summed E-state index contributed by atoms with van der Waals surface area (Å²) in [5.74, 6) is -0.665. The summed E-state index contributed by atoms with van der Waals surface area (Å²) in [6.45, 7) is 15.0. The Bertz CT molecular complexity index is 2030. The van der Waals surface area contributed by atoms with Gasteiger partial charge in [-0.3, -0.25) is 14.4 Å². The van der Waals surface area contributed by atoms with Gasteiger partial charge in [0.25, 0.3) is 17.9 Å². The van der Waals surface area contributed by atoms with Crippen LogP contribution in [0.15, 0.2) is 90.3 Å². The number of hydrazone groups is 1. The molecule has 0 bridgehead atoms. The van der Waals surface area contributed by atoms with Crippen LogP contribution in [0.1, 0.15) is 95.3 Å². The number of carbonyl (C=O) groups is 3. The summed E-state index contributed by atoms with van der Waals surface area (Å²) in [5, 5.41) is 11.8. The van der Waals surface area contributed by atoms with E-state index in [0.29, 0.717) is 22.9 Å². The molecule has 1 aromatic heterocycles. The van der Waals surface area contributed by atoms with Gasteiger partial charge in [0, 0.05) is 34.0 Å². The Hall–Kier alpha value is -3.96. The lowest BCUT2D eigenvalue weighted by Gasteiger charge is -2.31. The highest BCUT2D eigenvalue weighted by molar-refractivity contribution is 6.42. The number of hydrogen-bond acceptors (Lipinski definition) is 5. The van der Waals surface area contributed by atoms with Crippen LogP contribution in [0, 0.1) is 0 Å². The molecule has 3 aromatic carbocycles. The predicted molar refractivity (Wildman–Crippen MR) is 212 cm³/mol. The SMILES string of the molecule is CCC(Oc1ccc(C(C)(C)CC)cc1C(C)(C)CC)C(=O)Nc1cccc(C(=O)NC2=NN(c3c(Cl)cc(Cl)cc3Cl)C(=O)C2[n+]2ccccc2)c1.[Br-]. The lowest BCUT2D eigenvalue weighted by molar-refractivity contribution is -0.693. The summed E-state index contributed by atoms with van der Waals surface area (Å²) in [4.78, 5) is 41.2. The molecule has 0 fully saturated rings. The number of nitrogens with zero attached hydrogens (tertiary/aromatic N) is 3. The zero-order chi connectivity index (χ0) is 38.7. The van der Waals surface area contributed by atoms with Gasteiger partial charge in [-0.2, -0.15) is 9.58 Å². The van der Waals surface area contributed by atoms with Crippen LogP contribution in [0.5, 0.6) is 5.75 Å². The van der Waals surface area contributed by atoms with Crippen molar-refractivity contribution in [3.63, 3.8) is 0 Å². The van der Waals surface area contributed by atoms with Crippen molar-refractivity contribution in [2.24, 2.45) is 5.10 Å². The van der Waals surface area contributed by atoms with Crippen LogP contribution < -0.4 is 41.9 Å². The van der Waals surface area contributed by atoms with Gasteiger partial charge in [0.1, 0.15) is 11.4 Å². The Kier molecular flexibility index (Phi) is 14.0. The van der Waals surface area contributed by atoms with E-state index < -0.39 is 24.0 Å². The Balaban J connectivity index is 0.00000650. The van der Waals surface area contributed by atoms with Gasteiger partial charge in [0.15, 0.2) is 18.5 Å². The fourth-order valence-corrected chi connectivity index (χ4v) is 6.87. The number of amidine groups is 1. The average Bonchev–Trinajstić information content (AvgIpc) is 3.44. The van der Waals surface area contributed by atoms with Gasteiger partial charge in [0.2, 0.25) is 5.84 Å². The maximum Gasteiger partial charge on any atom is 0.324 e. The second-order valence-electron chi connectivity index (χ2n) is 14.3. The smallest absolute Gasteiger partial charge is 0.324 e. The number of pyridine rings is 1. The predicted octanol–water partition coefficient (Wildman–Crippen LogP) is 6.44. The Labute approximate surface area is 342 Å². The average molecular weight is 858 g/mol. The maximum atomic E-state index is 13.8. The molecule has 4 aromatic rings. The molecular formula is C41H45BrCl3N5O4. The number of anilines is 2. The quantitative estimate of drug-likeness (QED) is 0.160. The van der Waals surface area contributed by atoms with Gasteiger partial charge < -0.3 is 32.4 Å². The van der Waals surface area contributed by atoms with E-state index in [1.807, 2.05) is 13.0 Å². The van der Waals surface area contributed by atoms with Gasteiger partial charge in [-0.15, -0.1) is 5.10 Å². The molecule has 13 heteroatoms. The Morgan fingerprint density at radius 3 is 2.13 bits per heavy atom. The number of carbonyl (C=O) groups excluding carboxylic acids is 3. The number of ether oxygens (including phenoxy) is 1. The minimum absolute atomic E-state index is 0. The van der Waals surface area contributed by atoms with E-state index in [-0.39, 0.29) is 60.9 Å². The molecule has 54 heavy (non-hydrogen) atoms. The van der Waals surface area contributed by atoms with Crippen LogP contribution in [0.2, 0.25) is 15.1 Å². The fraction of sp³-hybridized carbons (Fsp3) is 0.341. The molecule has 2 heterocycles. The van der Waals surface area contributed by atoms with Crippen LogP contribution in [0.3, 0.4) is 0 Å². The van der Waals surface area contributed by atoms with Crippen molar-refractivity contribution >= 4 is 69.7 Å². The first-order valence-electron chi connectivity index (χ1n) is 17.7. The molecule has 2 unspecified atom stereocenters. The van der Waals surface area contributed by atoms with Gasteiger partial charge in [-0.25, -0.2) is 0 Å². The molecule has 0 saturated heterocycles. The molecule has 1 aliphatic rings. The first-order valence-corrected chi connectivity index (χ1v) is 18.8. The Morgan fingerprint density at radius 1 is 0.870 bits per heavy atom. The Morgan fingerprint density at radius 2 is 1.52 bits per heavy atom. The second-order valence-corrected chi connectivity index (χ2v) is 15.6. The minimum atomic E-state index is -1.03. The first kappa shape index (κ1) is 42.8. The molecule has 0 spiro atoms. The first-order chi connectivity index (χ1) is 25.1. The number of aromatic nitrogens is 1. The summed E-state index contributed by atoms with van der Waals surface area (Å²) in [6, 6.07) is 20.0. The topological polar surface area (TPSA) is 104 Å². The van der Waals surface area contributed by atoms with E-state index in [1.165, 1.54) is 17.7 Å². The highest BCUT2D eigenvalue weighted by atomic mass is 79.9. The van der Waals surface area contributed by atoms with Crippen molar-refractivity contribution in [2.45, 2.75) is 90.7 Å². The second kappa shape index (κ2) is 17.7. The largest absolute Gasteiger partial charge is 1.00 e. The van der Waals surface area contributed by atoms with Gasteiger partial charge >= 0.3 is 5.91 Å². The van der Waals surface area contributed by atoms with Crippen molar-refractivity contribution in [1.82, 2.24) is 5.32 Å². The van der Waals surface area contributed by atoms with Crippen molar-refractivity contribution in [2.75, 3.05) is 10.3 Å². The number of amides is 3. The van der Waals surface area contributed by atoms with E-state index in [0.717, 1.165) is 23.4 Å². The van der Waals surface area contributed by atoms with Crippen molar-refractivity contribution in [3.05, 3.63) is 117 Å². The summed E-state index contributed by atoms with van der Waals surface area (Å²) in [7, 11) is 0. The lowest BCUT2D eigenvalue weighted by atomic mass is 9.76. The zero-order valence-electron chi connectivity index (χ0n) is 31.3. The fourth-order valence-electron chi connectivity index (χ4n) is 5.89. The molecule has 0 saturated carbocycles. The van der Waals surface area contributed by atoms with Crippen molar-refractivity contribution in [1.29, 1.82) is 0 Å². The van der Waals surface area contributed by atoms with E-state index in [9.17, 15) is 14.4 Å². The number of nitrogens with one attached hydrogen (secondary N) is 2. The molecule has 2 N–H and O–H groups in total. The molecule has 9 nitrogen and oxygen atoms in total. The monoisotopic (exact) mass is 855 g/mol. The van der Waals surface area contributed by atoms with Crippen molar-refractivity contribution in [3.8, 4) is 5.75 Å². The summed E-state index contributed by atoms with van der Waals surface area (Å²) in [6.07, 6.45) is 4.89. The summed E-state index contributed by atoms with van der Waals surface area (Å²) < 4.78 is 8.06. The molecule has 0 aliphatic carbocycles. The summed E-state index contributed by atoms with van der Waals surface area (Å²) >= 11 is 19.0. The van der Waals surface area contributed by atoms with Crippen LogP contribution in [-0.4, -0.2) is 29.7 Å². The van der Waals surface area contributed by atoms with E-state index in [2.05, 4.69) is 69.4 Å². The molecule has 5 rings (SSSR count). The highest BCUT2D eigenvalue weighted by Gasteiger charge is 2.46. The minimum Gasteiger partial charge on any atom is -1.00 e. The van der Waals surface area contributed by atoms with Crippen LogP contribution in [0.25, 0.3) is 0 Å². The van der Waals surface area contributed by atoms with Crippen LogP contribution in [0.4, 0.5) is 11.4 Å². The highest BCUT2D eigenvalue weighted by Crippen LogP contribution is 2.40. The molecular weight excluding hydrogens is 813 g/mol. The number of hydrogen-bond donors (Lipinski definition) is 2. The van der Waals surface area contributed by atoms with E-state index in [4.69, 9.17) is 39.5 Å². The molecule has 2 atom stereocenters. The molecule has 3 amide bonds. The third-order valence-corrected chi connectivity index (χ3v) is 10.8. The van der Waals surface area contributed by atoms with E-state index >= 15 is 0 Å². The van der Waals surface area contributed by atoms with Gasteiger partial charge in [-0.05, 0) is 72.1 Å². The molecule has 0 radical (unpaired) electrons. The van der Waals surface area contributed by atoms with Crippen LogP contribution >= 0.6 is 34.8 Å². The molecule has 1 aliphatic heterocycles. The van der Waals surface area contributed by atoms with Gasteiger partial charge in [-0.1, -0.05) is 108 Å². The number of benzene rings is 3.